The Morgan fingerprint density at radius 1 is 1.00 bits per heavy atom. The maximum absolute atomic E-state index is 14.1. The fourth-order valence-corrected chi connectivity index (χ4v) is 6.16. The van der Waals surface area contributed by atoms with Gasteiger partial charge in [0, 0.05) is 5.70 Å². The molecule has 1 unspecified atom stereocenters. The fourth-order valence-electron chi connectivity index (χ4n) is 5.04. The summed E-state index contributed by atoms with van der Waals surface area (Å²) in [5, 5.41) is 11.8. The van der Waals surface area contributed by atoms with Crippen LogP contribution in [-0.4, -0.2) is 39.6 Å². The molecule has 0 saturated heterocycles. The van der Waals surface area contributed by atoms with E-state index in [-0.39, 0.29) is 5.91 Å². The first kappa shape index (κ1) is 31.5. The van der Waals surface area contributed by atoms with Crippen LogP contribution in [0.5, 0.6) is 17.2 Å². The lowest BCUT2D eigenvalue weighted by molar-refractivity contribution is -0.113. The van der Waals surface area contributed by atoms with Gasteiger partial charge in [0.25, 0.3) is 5.91 Å². The lowest BCUT2D eigenvalue weighted by Gasteiger charge is -2.29. The van der Waals surface area contributed by atoms with Crippen LogP contribution in [0.25, 0.3) is 0 Å². The van der Waals surface area contributed by atoms with Crippen molar-refractivity contribution in [2.45, 2.75) is 52.4 Å². The summed E-state index contributed by atoms with van der Waals surface area (Å²) in [6, 6.07) is 18.8. The molecule has 0 spiro atoms. The van der Waals surface area contributed by atoms with Crippen molar-refractivity contribution in [2.24, 2.45) is 0 Å². The molecule has 3 aromatic carbocycles. The molecule has 2 N–H and O–H groups in total. The van der Waals surface area contributed by atoms with E-state index in [4.69, 9.17) is 24.3 Å². The Labute approximate surface area is 270 Å². The summed E-state index contributed by atoms with van der Waals surface area (Å²) in [6.45, 7) is 11.1. The highest BCUT2D eigenvalue weighted by Crippen LogP contribution is 2.44. The number of hydrogen-bond acceptors (Lipinski definition) is 8. The van der Waals surface area contributed by atoms with Crippen LogP contribution < -0.4 is 24.8 Å². The molecule has 4 aromatic rings. The molecule has 1 aromatic heterocycles. The second-order valence-corrected chi connectivity index (χ2v) is 12.1. The molecule has 0 aliphatic carbocycles. The monoisotopic (exact) mass is 677 g/mol. The molecule has 9 nitrogen and oxygen atoms in total. The topological polar surface area (TPSA) is 99.5 Å². The number of carbonyl (C=O) groups is 1. The first-order chi connectivity index (χ1) is 21.3. The molecular formula is C33H36BrN5O4S. The van der Waals surface area contributed by atoms with Gasteiger partial charge in [-0.1, -0.05) is 55.1 Å². The van der Waals surface area contributed by atoms with Crippen molar-refractivity contribution in [3.8, 4) is 17.2 Å². The lowest BCUT2D eigenvalue weighted by atomic mass is 9.94. The van der Waals surface area contributed by atoms with Gasteiger partial charge in [-0.05, 0) is 90.3 Å². The number of aromatic nitrogens is 3. The number of para-hydroxylation sites is 2. The summed E-state index contributed by atoms with van der Waals surface area (Å²) in [7, 11) is 0. The first-order valence-electron chi connectivity index (χ1n) is 14.6. The van der Waals surface area contributed by atoms with Crippen molar-refractivity contribution in [1.82, 2.24) is 14.8 Å². The number of halogens is 1. The minimum absolute atomic E-state index is 0.285. The molecule has 44 heavy (non-hydrogen) atoms. The molecule has 230 valence electrons. The number of anilines is 2. The third-order valence-electron chi connectivity index (χ3n) is 7.07. The van der Waals surface area contributed by atoms with Crippen molar-refractivity contribution in [3.63, 3.8) is 0 Å². The number of amides is 1. The Balaban J connectivity index is 1.57. The molecule has 1 aliphatic rings. The van der Waals surface area contributed by atoms with Gasteiger partial charge in [0.05, 0.1) is 28.9 Å². The largest absolute Gasteiger partial charge is 0.492 e. The van der Waals surface area contributed by atoms with Crippen LogP contribution in [0.15, 0.2) is 81.6 Å². The van der Waals surface area contributed by atoms with Gasteiger partial charge < -0.3 is 24.8 Å². The number of nitrogens with zero attached hydrogens (tertiary/aromatic N) is 3. The summed E-state index contributed by atoms with van der Waals surface area (Å²) in [4.78, 5) is 18.8. The Morgan fingerprint density at radius 3 is 2.48 bits per heavy atom. The minimum atomic E-state index is -0.606. The first-order valence-corrected chi connectivity index (χ1v) is 16.4. The second-order valence-electron chi connectivity index (χ2n) is 10.0. The number of rotatable bonds is 12. The lowest BCUT2D eigenvalue weighted by Crippen LogP contribution is -2.31. The van der Waals surface area contributed by atoms with Crippen LogP contribution in [0.4, 0.5) is 11.6 Å². The Hall–Kier alpha value is -3.96. The zero-order chi connectivity index (χ0) is 31.2. The molecular weight excluding hydrogens is 642 g/mol. The van der Waals surface area contributed by atoms with Crippen LogP contribution in [0.3, 0.4) is 0 Å². The standard InChI is InChI=1S/C33H36BrN5O4S/c1-6-41-26-16-12-11-15-25(26)36-31(40)28-21(5)35-32-37-33(44-8-3)38-39(32)29(28)23-17-24(34)30(27(18-23)42-7-2)43-19-22-14-10-9-13-20(22)4/h9-18,29H,6-8,19H2,1-5H3,(H,36,40)(H,35,37,38). The predicted octanol–water partition coefficient (Wildman–Crippen LogP) is 7.77. The van der Waals surface area contributed by atoms with Gasteiger partial charge in [-0.3, -0.25) is 4.79 Å². The average Bonchev–Trinajstić information content (AvgIpc) is 3.40. The zero-order valence-electron chi connectivity index (χ0n) is 25.4. The predicted molar refractivity (Wildman–Crippen MR) is 178 cm³/mol. The zero-order valence-corrected chi connectivity index (χ0v) is 27.8. The van der Waals surface area contributed by atoms with Gasteiger partial charge in [0.15, 0.2) is 11.5 Å². The molecule has 1 atom stereocenters. The highest BCUT2D eigenvalue weighted by molar-refractivity contribution is 9.10. The van der Waals surface area contributed by atoms with Gasteiger partial charge in [0.2, 0.25) is 11.1 Å². The highest BCUT2D eigenvalue weighted by Gasteiger charge is 2.36. The van der Waals surface area contributed by atoms with Gasteiger partial charge in [0.1, 0.15) is 18.4 Å². The van der Waals surface area contributed by atoms with Crippen molar-refractivity contribution in [3.05, 3.63) is 93.1 Å². The number of allylic oxidation sites excluding steroid dienone is 1. The maximum Gasteiger partial charge on any atom is 0.255 e. The number of fused-ring (bicyclic) bond motifs is 1. The van der Waals surface area contributed by atoms with E-state index in [1.165, 1.54) is 11.8 Å². The van der Waals surface area contributed by atoms with E-state index in [0.29, 0.717) is 69.6 Å². The van der Waals surface area contributed by atoms with Gasteiger partial charge in [-0.15, -0.1) is 5.10 Å². The summed E-state index contributed by atoms with van der Waals surface area (Å²) in [6.07, 6.45) is 0. The fraction of sp³-hybridized carbons (Fsp3) is 0.303. The van der Waals surface area contributed by atoms with Gasteiger partial charge in [-0.2, -0.15) is 4.98 Å². The third-order valence-corrected chi connectivity index (χ3v) is 8.38. The van der Waals surface area contributed by atoms with Gasteiger partial charge in [-0.25, -0.2) is 4.68 Å². The number of nitrogens with one attached hydrogen (secondary N) is 2. The quantitative estimate of drug-likeness (QED) is 0.147. The van der Waals surface area contributed by atoms with E-state index in [1.807, 2.05) is 75.4 Å². The smallest absolute Gasteiger partial charge is 0.255 e. The Kier molecular flexibility index (Phi) is 10.2. The number of thioether (sulfide) groups is 1. The Bertz CT molecular complexity index is 1690. The van der Waals surface area contributed by atoms with Gasteiger partial charge >= 0.3 is 0 Å². The number of hydrogen-bond donors (Lipinski definition) is 2. The van der Waals surface area contributed by atoms with Crippen LogP contribution in [0.1, 0.15) is 50.4 Å². The van der Waals surface area contributed by atoms with Crippen LogP contribution >= 0.6 is 27.7 Å². The number of carbonyl (C=O) groups excluding carboxylic acids is 1. The molecule has 11 heteroatoms. The second kappa shape index (κ2) is 14.2. The number of benzene rings is 3. The molecule has 1 aliphatic heterocycles. The van der Waals surface area contributed by atoms with E-state index in [9.17, 15) is 4.79 Å². The van der Waals surface area contributed by atoms with Crippen molar-refractivity contribution in [2.75, 3.05) is 29.6 Å². The molecule has 1 amide bonds. The van der Waals surface area contributed by atoms with Crippen LogP contribution in [-0.2, 0) is 11.4 Å². The molecule has 0 bridgehead atoms. The molecule has 0 radical (unpaired) electrons. The van der Waals surface area contributed by atoms with E-state index in [2.05, 4.69) is 46.5 Å². The number of ether oxygens (including phenoxy) is 3. The van der Waals surface area contributed by atoms with Crippen LogP contribution in [0.2, 0.25) is 0 Å². The van der Waals surface area contributed by atoms with E-state index in [0.717, 1.165) is 22.4 Å². The third kappa shape index (κ3) is 6.73. The SMILES string of the molecule is CCOc1ccccc1NC(=O)C1=C(C)Nc2nc(SCC)nn2C1c1cc(Br)c(OCc2ccccc2C)c(OCC)c1. The van der Waals surface area contributed by atoms with Crippen molar-refractivity contribution >= 4 is 45.2 Å². The summed E-state index contributed by atoms with van der Waals surface area (Å²) in [5.74, 6) is 2.84. The maximum atomic E-state index is 14.1. The highest BCUT2D eigenvalue weighted by atomic mass is 79.9. The molecule has 0 saturated carbocycles. The normalized spacial score (nSPS) is 14.1. The van der Waals surface area contributed by atoms with Crippen molar-refractivity contribution < 1.29 is 19.0 Å². The summed E-state index contributed by atoms with van der Waals surface area (Å²) < 4.78 is 20.7. The molecule has 0 fully saturated rings. The van der Waals surface area contributed by atoms with E-state index < -0.39 is 6.04 Å². The van der Waals surface area contributed by atoms with Crippen LogP contribution in [0, 0.1) is 6.92 Å². The summed E-state index contributed by atoms with van der Waals surface area (Å²) >= 11 is 5.28. The summed E-state index contributed by atoms with van der Waals surface area (Å²) in [5.41, 5.74) is 4.76. The van der Waals surface area contributed by atoms with E-state index >= 15 is 0 Å². The Morgan fingerprint density at radius 2 is 1.73 bits per heavy atom. The molecule has 5 rings (SSSR count). The minimum Gasteiger partial charge on any atom is -0.492 e. The molecule has 2 heterocycles. The number of aryl methyl sites for hydroxylation is 1. The van der Waals surface area contributed by atoms with E-state index in [1.54, 1.807) is 4.68 Å². The average molecular weight is 679 g/mol. The van der Waals surface area contributed by atoms with Crippen molar-refractivity contribution in [1.29, 1.82) is 0 Å².